The fraction of sp³-hybridized carbons (Fsp3) is 0.318. The second-order valence-corrected chi connectivity index (χ2v) is 7.87. The molecule has 11 heteroatoms. The number of nitrogens with zero attached hydrogens (tertiary/aromatic N) is 3. The van der Waals surface area contributed by atoms with E-state index in [4.69, 9.17) is 0 Å². The van der Waals surface area contributed by atoms with E-state index in [1.165, 1.54) is 42.3 Å². The summed E-state index contributed by atoms with van der Waals surface area (Å²) >= 11 is 0. The number of aromatic amines is 1. The van der Waals surface area contributed by atoms with Gasteiger partial charge in [0, 0.05) is 44.2 Å². The summed E-state index contributed by atoms with van der Waals surface area (Å²) in [6.07, 6.45) is 0. The van der Waals surface area contributed by atoms with E-state index in [-0.39, 0.29) is 43.1 Å². The van der Waals surface area contributed by atoms with E-state index in [0.717, 1.165) is 0 Å². The van der Waals surface area contributed by atoms with Crippen molar-refractivity contribution in [1.29, 1.82) is 0 Å². The molecular formula is C22H23F2N5O4. The number of anilines is 1. The number of hydrogen-bond acceptors (Lipinski definition) is 7. The molecule has 0 spiro atoms. The number of H-pyrrole nitrogens is 1. The lowest BCUT2D eigenvalue weighted by Crippen LogP contribution is -2.56. The number of benzene rings is 1. The van der Waals surface area contributed by atoms with Gasteiger partial charge >= 0.3 is 0 Å². The molecule has 9 nitrogen and oxygen atoms in total. The van der Waals surface area contributed by atoms with Crippen molar-refractivity contribution in [1.82, 2.24) is 20.2 Å². The van der Waals surface area contributed by atoms with Crippen LogP contribution in [0.4, 0.5) is 14.5 Å². The Kier molecular flexibility index (Phi) is 5.87. The summed E-state index contributed by atoms with van der Waals surface area (Å²) in [7, 11) is 1.42. The number of aryl methyl sites for hydroxylation is 1. The molecule has 0 bridgehead atoms. The zero-order valence-electron chi connectivity index (χ0n) is 18.0. The van der Waals surface area contributed by atoms with E-state index in [9.17, 15) is 24.2 Å². The molecule has 0 unspecified atom stereocenters. The highest BCUT2D eigenvalue weighted by Crippen LogP contribution is 2.31. The van der Waals surface area contributed by atoms with Crippen molar-refractivity contribution >= 4 is 22.5 Å². The van der Waals surface area contributed by atoms with Crippen LogP contribution in [0.1, 0.15) is 21.6 Å². The molecule has 1 aliphatic heterocycles. The summed E-state index contributed by atoms with van der Waals surface area (Å²) in [5, 5.41) is 24.4. The number of halogens is 2. The zero-order valence-corrected chi connectivity index (χ0v) is 18.0. The number of hydrogen-bond donors (Lipinski definition) is 4. The molecule has 3 heterocycles. The molecule has 33 heavy (non-hydrogen) atoms. The quantitative estimate of drug-likeness (QED) is 0.336. The van der Waals surface area contributed by atoms with E-state index in [1.807, 2.05) is 0 Å². The molecular weight excluding hydrogens is 436 g/mol. The van der Waals surface area contributed by atoms with Crippen molar-refractivity contribution < 1.29 is 23.8 Å². The van der Waals surface area contributed by atoms with Crippen LogP contribution in [0.15, 0.2) is 35.1 Å². The molecule has 1 amide bonds. The minimum Gasteiger partial charge on any atom is -0.365 e. The predicted octanol–water partition coefficient (Wildman–Crippen LogP) is 0.786. The minimum absolute atomic E-state index is 0.0536. The highest BCUT2D eigenvalue weighted by molar-refractivity contribution is 5.92. The maximum absolute atomic E-state index is 15.1. The average molecular weight is 459 g/mol. The number of fused-ring (bicyclic) bond motifs is 1. The van der Waals surface area contributed by atoms with Gasteiger partial charge in [0.2, 0.25) is 5.95 Å². The van der Waals surface area contributed by atoms with E-state index < -0.39 is 34.7 Å². The van der Waals surface area contributed by atoms with Crippen LogP contribution in [0.2, 0.25) is 0 Å². The molecule has 1 aromatic carbocycles. The molecule has 1 aliphatic rings. The first kappa shape index (κ1) is 22.8. The number of carbonyl (C=O) groups excluding carboxylic acids is 1. The monoisotopic (exact) mass is 459 g/mol. The van der Waals surface area contributed by atoms with E-state index >= 15 is 4.39 Å². The first-order chi connectivity index (χ1) is 15.6. The SMILES string of the molecule is CNC(=O)c1ccc(N2CCN(C(O)(O)c3ccc4cc(C)c(=O)[nH]c4c3F)CC2)c(F)n1. The lowest BCUT2D eigenvalue weighted by Gasteiger charge is -2.42. The normalized spacial score (nSPS) is 15.2. The standard InChI is InChI=1S/C22H23F2N5O4/c1-12-11-13-3-4-14(17(23)18(13)27-20(12)30)22(32,33)29-9-7-28(8-10-29)16-6-5-15(21(31)25-2)26-19(16)24/h3-6,11,32-33H,7-10H2,1-2H3,(H,25,31)(H,27,30). The molecule has 0 aliphatic carbocycles. The van der Waals surface area contributed by atoms with Crippen LogP contribution in [0.5, 0.6) is 0 Å². The second-order valence-electron chi connectivity index (χ2n) is 7.87. The summed E-state index contributed by atoms with van der Waals surface area (Å²) in [6.45, 7) is 2.14. The summed E-state index contributed by atoms with van der Waals surface area (Å²) in [5.41, 5.74) is -0.443. The topological polar surface area (TPSA) is 122 Å². The molecule has 3 aromatic rings. The van der Waals surface area contributed by atoms with Crippen LogP contribution in [0, 0.1) is 18.7 Å². The van der Waals surface area contributed by atoms with Gasteiger partial charge in [-0.15, -0.1) is 0 Å². The minimum atomic E-state index is -2.65. The van der Waals surface area contributed by atoms with Crippen LogP contribution in [-0.4, -0.2) is 64.2 Å². The fourth-order valence-electron chi connectivity index (χ4n) is 3.96. The Morgan fingerprint density at radius 2 is 1.85 bits per heavy atom. The highest BCUT2D eigenvalue weighted by atomic mass is 19.1. The molecule has 174 valence electrons. The number of carbonyl (C=O) groups is 1. The van der Waals surface area contributed by atoms with Gasteiger partial charge in [0.25, 0.3) is 17.4 Å². The van der Waals surface area contributed by atoms with Crippen molar-refractivity contribution in [3.63, 3.8) is 0 Å². The number of aliphatic hydroxyl groups is 2. The third-order valence-electron chi connectivity index (χ3n) is 5.85. The molecule has 0 radical (unpaired) electrons. The van der Waals surface area contributed by atoms with Gasteiger partial charge in [-0.1, -0.05) is 6.07 Å². The third-order valence-corrected chi connectivity index (χ3v) is 5.85. The Morgan fingerprint density at radius 1 is 1.15 bits per heavy atom. The van der Waals surface area contributed by atoms with Gasteiger partial charge in [0.05, 0.1) is 16.8 Å². The van der Waals surface area contributed by atoms with Crippen LogP contribution in [0.25, 0.3) is 10.9 Å². The summed E-state index contributed by atoms with van der Waals surface area (Å²) in [4.78, 5) is 32.5. The largest absolute Gasteiger partial charge is 0.365 e. The van der Waals surface area contributed by atoms with E-state index in [1.54, 1.807) is 11.8 Å². The van der Waals surface area contributed by atoms with Crippen molar-refractivity contribution in [2.75, 3.05) is 38.1 Å². The maximum Gasteiger partial charge on any atom is 0.269 e. The summed E-state index contributed by atoms with van der Waals surface area (Å²) in [5.74, 6) is -4.91. The first-order valence-electron chi connectivity index (χ1n) is 10.3. The fourth-order valence-corrected chi connectivity index (χ4v) is 3.96. The van der Waals surface area contributed by atoms with E-state index in [0.29, 0.717) is 10.9 Å². The molecule has 1 fully saturated rings. The van der Waals surface area contributed by atoms with Gasteiger partial charge in [0.15, 0.2) is 5.82 Å². The number of piperazine rings is 1. The molecule has 0 saturated carbocycles. The Labute approximate surface area is 187 Å². The zero-order chi connectivity index (χ0) is 23.9. The molecule has 1 saturated heterocycles. The Hall–Kier alpha value is -3.41. The van der Waals surface area contributed by atoms with Crippen LogP contribution in [0.3, 0.4) is 0 Å². The van der Waals surface area contributed by atoms with Gasteiger partial charge < -0.3 is 25.4 Å². The van der Waals surface area contributed by atoms with Gasteiger partial charge in [-0.3, -0.25) is 9.59 Å². The Morgan fingerprint density at radius 3 is 2.48 bits per heavy atom. The number of nitrogens with one attached hydrogen (secondary N) is 2. The Balaban J connectivity index is 1.55. The number of rotatable bonds is 4. The first-order valence-corrected chi connectivity index (χ1v) is 10.3. The lowest BCUT2D eigenvalue weighted by molar-refractivity contribution is -0.277. The summed E-state index contributed by atoms with van der Waals surface area (Å²) < 4.78 is 29.6. The van der Waals surface area contributed by atoms with E-state index in [2.05, 4.69) is 15.3 Å². The molecule has 4 rings (SSSR count). The van der Waals surface area contributed by atoms with Crippen molar-refractivity contribution in [2.45, 2.75) is 12.8 Å². The smallest absolute Gasteiger partial charge is 0.269 e. The maximum atomic E-state index is 15.1. The predicted molar refractivity (Wildman–Crippen MR) is 117 cm³/mol. The van der Waals surface area contributed by atoms with Crippen molar-refractivity contribution in [3.8, 4) is 0 Å². The van der Waals surface area contributed by atoms with Crippen LogP contribution < -0.4 is 15.8 Å². The van der Waals surface area contributed by atoms with Crippen LogP contribution in [-0.2, 0) is 5.91 Å². The number of pyridine rings is 2. The second kappa shape index (κ2) is 8.50. The van der Waals surface area contributed by atoms with Gasteiger partial charge in [0.1, 0.15) is 5.69 Å². The summed E-state index contributed by atoms with van der Waals surface area (Å²) in [6, 6.07) is 7.13. The van der Waals surface area contributed by atoms with Gasteiger partial charge in [-0.25, -0.2) is 14.3 Å². The van der Waals surface area contributed by atoms with Gasteiger partial charge in [-0.2, -0.15) is 4.39 Å². The van der Waals surface area contributed by atoms with Crippen molar-refractivity contribution in [3.05, 3.63) is 69.3 Å². The van der Waals surface area contributed by atoms with Crippen LogP contribution >= 0.6 is 0 Å². The van der Waals surface area contributed by atoms with Crippen molar-refractivity contribution in [2.24, 2.45) is 0 Å². The highest BCUT2D eigenvalue weighted by Gasteiger charge is 2.39. The average Bonchev–Trinajstić information content (AvgIpc) is 2.80. The Bertz CT molecular complexity index is 1290. The molecule has 0 atom stereocenters. The van der Waals surface area contributed by atoms with Gasteiger partial charge in [-0.05, 0) is 31.2 Å². The lowest BCUT2D eigenvalue weighted by atomic mass is 10.0. The number of amides is 1. The molecule has 4 N–H and O–H groups in total. The number of aromatic nitrogens is 2. The third kappa shape index (κ3) is 4.06. The molecule has 2 aromatic heterocycles.